The van der Waals surface area contributed by atoms with Crippen LogP contribution in [0.15, 0.2) is 54.7 Å². The molecule has 1 N–H and O–H groups in total. The minimum absolute atomic E-state index is 0.874. The molecule has 0 aromatic heterocycles. The monoisotopic (exact) mass is 239 g/mol. The lowest BCUT2D eigenvalue weighted by molar-refractivity contribution is 0.415. The lowest BCUT2D eigenvalue weighted by atomic mass is 10.2. The first-order chi connectivity index (χ1) is 8.78. The summed E-state index contributed by atoms with van der Waals surface area (Å²) in [5.41, 5.74) is 3.49. The van der Waals surface area contributed by atoms with Crippen LogP contribution in [0.2, 0.25) is 0 Å². The van der Waals surface area contributed by atoms with E-state index in [0.29, 0.717) is 0 Å². The summed E-state index contributed by atoms with van der Waals surface area (Å²) in [7, 11) is 1.67. The molecule has 0 heterocycles. The van der Waals surface area contributed by atoms with Crippen LogP contribution >= 0.6 is 0 Å². The predicted octanol–water partition coefficient (Wildman–Crippen LogP) is 4.09. The summed E-state index contributed by atoms with van der Waals surface area (Å²) in [5, 5.41) is 3.24. The molecular formula is C16H17NO. The Bertz CT molecular complexity index is 512. The largest absolute Gasteiger partial charge is 0.497 e. The van der Waals surface area contributed by atoms with Crippen LogP contribution in [-0.4, -0.2) is 7.11 Å². The molecule has 0 bridgehead atoms. The second kappa shape index (κ2) is 5.92. The number of methoxy groups -OCH3 is 1. The second-order valence-electron chi connectivity index (χ2n) is 4.12. The normalized spacial score (nSPS) is 10.6. The van der Waals surface area contributed by atoms with Crippen molar-refractivity contribution in [1.29, 1.82) is 0 Å². The van der Waals surface area contributed by atoms with E-state index in [9.17, 15) is 0 Å². The number of anilines is 1. The molecule has 2 aromatic rings. The van der Waals surface area contributed by atoms with E-state index < -0.39 is 0 Å². The molecule has 0 aliphatic carbocycles. The van der Waals surface area contributed by atoms with E-state index in [2.05, 4.69) is 36.5 Å². The van der Waals surface area contributed by atoms with Crippen LogP contribution in [-0.2, 0) is 0 Å². The van der Waals surface area contributed by atoms with Gasteiger partial charge in [-0.15, -0.1) is 0 Å². The first-order valence-corrected chi connectivity index (χ1v) is 5.92. The Morgan fingerprint density at radius 2 is 1.61 bits per heavy atom. The maximum Gasteiger partial charge on any atom is 0.118 e. The number of benzene rings is 2. The summed E-state index contributed by atoms with van der Waals surface area (Å²) >= 11 is 0. The minimum Gasteiger partial charge on any atom is -0.497 e. The van der Waals surface area contributed by atoms with Gasteiger partial charge < -0.3 is 10.1 Å². The first kappa shape index (κ1) is 12.2. The molecule has 0 aliphatic heterocycles. The maximum absolute atomic E-state index is 5.11. The third kappa shape index (κ3) is 3.39. The Kier molecular flexibility index (Phi) is 4.02. The van der Waals surface area contributed by atoms with Gasteiger partial charge in [0.05, 0.1) is 7.11 Å². The highest BCUT2D eigenvalue weighted by Gasteiger charge is 1.90. The molecule has 2 rings (SSSR count). The lowest BCUT2D eigenvalue weighted by Gasteiger charge is -2.01. The Morgan fingerprint density at radius 1 is 0.944 bits per heavy atom. The van der Waals surface area contributed by atoms with E-state index in [4.69, 9.17) is 4.74 Å². The average molecular weight is 239 g/mol. The van der Waals surface area contributed by atoms with Gasteiger partial charge >= 0.3 is 0 Å². The van der Waals surface area contributed by atoms with Crippen LogP contribution < -0.4 is 10.1 Å². The number of rotatable bonds is 4. The topological polar surface area (TPSA) is 21.3 Å². The predicted molar refractivity (Wildman–Crippen MR) is 76.8 cm³/mol. The van der Waals surface area contributed by atoms with E-state index in [0.717, 1.165) is 17.0 Å². The number of aryl methyl sites for hydroxylation is 1. The maximum atomic E-state index is 5.11. The highest BCUT2D eigenvalue weighted by molar-refractivity contribution is 5.56. The second-order valence-corrected chi connectivity index (χ2v) is 4.12. The van der Waals surface area contributed by atoms with E-state index in [1.54, 1.807) is 7.11 Å². The molecule has 2 heteroatoms. The molecule has 0 unspecified atom stereocenters. The van der Waals surface area contributed by atoms with Gasteiger partial charge in [-0.05, 0) is 42.8 Å². The van der Waals surface area contributed by atoms with Gasteiger partial charge in [-0.25, -0.2) is 0 Å². The molecule has 0 saturated heterocycles. The summed E-state index contributed by atoms with van der Waals surface area (Å²) < 4.78 is 5.11. The quantitative estimate of drug-likeness (QED) is 0.867. The summed E-state index contributed by atoms with van der Waals surface area (Å²) in [4.78, 5) is 0. The van der Waals surface area contributed by atoms with Crippen molar-refractivity contribution in [1.82, 2.24) is 0 Å². The number of ether oxygens (including phenoxy) is 1. The van der Waals surface area contributed by atoms with Crippen molar-refractivity contribution in [3.8, 4) is 5.75 Å². The SMILES string of the molecule is COc1ccc(C=CNc2ccc(C)cc2)cc1. The summed E-state index contributed by atoms with van der Waals surface area (Å²) in [5.74, 6) is 0.874. The van der Waals surface area contributed by atoms with Crippen molar-refractivity contribution in [2.75, 3.05) is 12.4 Å². The molecule has 0 saturated carbocycles. The van der Waals surface area contributed by atoms with Crippen molar-refractivity contribution in [3.63, 3.8) is 0 Å². The van der Waals surface area contributed by atoms with Gasteiger partial charge in [0.2, 0.25) is 0 Å². The van der Waals surface area contributed by atoms with Crippen molar-refractivity contribution < 1.29 is 4.74 Å². The van der Waals surface area contributed by atoms with Gasteiger partial charge in [0, 0.05) is 11.9 Å². The Morgan fingerprint density at radius 3 is 2.22 bits per heavy atom. The van der Waals surface area contributed by atoms with Crippen LogP contribution in [0.1, 0.15) is 11.1 Å². The smallest absolute Gasteiger partial charge is 0.118 e. The molecule has 92 valence electrons. The van der Waals surface area contributed by atoms with Crippen molar-refractivity contribution in [2.24, 2.45) is 0 Å². The average Bonchev–Trinajstić information content (AvgIpc) is 2.42. The van der Waals surface area contributed by atoms with E-state index in [-0.39, 0.29) is 0 Å². The zero-order chi connectivity index (χ0) is 12.8. The zero-order valence-corrected chi connectivity index (χ0v) is 10.7. The molecule has 0 atom stereocenters. The fraction of sp³-hybridized carbons (Fsp3) is 0.125. The van der Waals surface area contributed by atoms with Gasteiger partial charge in [-0.2, -0.15) is 0 Å². The highest BCUT2D eigenvalue weighted by Crippen LogP contribution is 2.13. The number of hydrogen-bond donors (Lipinski definition) is 1. The van der Waals surface area contributed by atoms with Crippen LogP contribution in [0.4, 0.5) is 5.69 Å². The van der Waals surface area contributed by atoms with E-state index in [1.807, 2.05) is 36.5 Å². The van der Waals surface area contributed by atoms with Gasteiger partial charge in [0.1, 0.15) is 5.75 Å². The highest BCUT2D eigenvalue weighted by atomic mass is 16.5. The molecule has 0 aliphatic rings. The fourth-order valence-corrected chi connectivity index (χ4v) is 1.60. The van der Waals surface area contributed by atoms with Crippen molar-refractivity contribution in [2.45, 2.75) is 6.92 Å². The lowest BCUT2D eigenvalue weighted by Crippen LogP contribution is -1.87. The third-order valence-electron chi connectivity index (χ3n) is 2.69. The first-order valence-electron chi connectivity index (χ1n) is 5.92. The van der Waals surface area contributed by atoms with Crippen molar-refractivity contribution >= 4 is 11.8 Å². The third-order valence-corrected chi connectivity index (χ3v) is 2.69. The molecule has 0 radical (unpaired) electrons. The van der Waals surface area contributed by atoms with Gasteiger partial charge in [0.25, 0.3) is 0 Å². The van der Waals surface area contributed by atoms with E-state index in [1.165, 1.54) is 5.56 Å². The van der Waals surface area contributed by atoms with Gasteiger partial charge in [-0.3, -0.25) is 0 Å². The Labute approximate surface area is 108 Å². The standard InChI is InChI=1S/C16H17NO/c1-13-3-7-15(8-4-13)17-12-11-14-5-9-16(18-2)10-6-14/h3-12,17H,1-2H3. The summed E-state index contributed by atoms with van der Waals surface area (Å²) in [6, 6.07) is 16.2. The van der Waals surface area contributed by atoms with Gasteiger partial charge in [-0.1, -0.05) is 29.8 Å². The number of nitrogens with one attached hydrogen (secondary N) is 1. The van der Waals surface area contributed by atoms with Crippen LogP contribution in [0.3, 0.4) is 0 Å². The van der Waals surface area contributed by atoms with Crippen LogP contribution in [0.25, 0.3) is 6.08 Å². The molecule has 0 spiro atoms. The molecule has 0 amide bonds. The Balaban J connectivity index is 1.96. The number of hydrogen-bond acceptors (Lipinski definition) is 2. The Hall–Kier alpha value is -2.22. The molecule has 18 heavy (non-hydrogen) atoms. The van der Waals surface area contributed by atoms with Crippen LogP contribution in [0, 0.1) is 6.92 Å². The molecule has 2 aromatic carbocycles. The minimum atomic E-state index is 0.874. The van der Waals surface area contributed by atoms with Crippen molar-refractivity contribution in [3.05, 3.63) is 65.9 Å². The van der Waals surface area contributed by atoms with Gasteiger partial charge in [0.15, 0.2) is 0 Å². The fourth-order valence-electron chi connectivity index (χ4n) is 1.60. The van der Waals surface area contributed by atoms with Crippen LogP contribution in [0.5, 0.6) is 5.75 Å². The molecule has 0 fully saturated rings. The summed E-state index contributed by atoms with van der Waals surface area (Å²) in [6.07, 6.45) is 3.96. The zero-order valence-electron chi connectivity index (χ0n) is 10.7. The summed E-state index contributed by atoms with van der Waals surface area (Å²) in [6.45, 7) is 2.08. The van der Waals surface area contributed by atoms with E-state index >= 15 is 0 Å². The molecular weight excluding hydrogens is 222 g/mol. The molecule has 2 nitrogen and oxygen atoms in total.